The van der Waals surface area contributed by atoms with Crippen LogP contribution in [0.3, 0.4) is 0 Å². The summed E-state index contributed by atoms with van der Waals surface area (Å²) in [4.78, 5) is 20.0. The predicted molar refractivity (Wildman–Crippen MR) is 131 cm³/mol. The lowest BCUT2D eigenvalue weighted by Crippen LogP contribution is -2.39. The summed E-state index contributed by atoms with van der Waals surface area (Å²) in [5.74, 6) is 2.44. The molecule has 0 aliphatic carbocycles. The second-order valence-electron chi connectivity index (χ2n) is 8.15. The molecule has 0 spiro atoms. The fourth-order valence-corrected chi connectivity index (χ4v) is 4.35. The van der Waals surface area contributed by atoms with Crippen molar-refractivity contribution in [3.63, 3.8) is 0 Å². The van der Waals surface area contributed by atoms with Gasteiger partial charge in [-0.05, 0) is 56.0 Å². The lowest BCUT2D eigenvalue weighted by Gasteiger charge is -2.36. The van der Waals surface area contributed by atoms with E-state index in [-0.39, 0.29) is 12.5 Å². The van der Waals surface area contributed by atoms with Gasteiger partial charge in [0.25, 0.3) is 5.91 Å². The minimum Gasteiger partial charge on any atom is -0.497 e. The van der Waals surface area contributed by atoms with Crippen LogP contribution in [0.4, 0.5) is 11.5 Å². The predicted octanol–water partition coefficient (Wildman–Crippen LogP) is 5.04. The molecule has 7 nitrogen and oxygen atoms in total. The molecule has 2 heterocycles. The molecule has 1 atom stereocenters. The SMILES string of the molecule is CCC1CCCCN1c1ccc2cccc(OCC(=O)Nc3cc(OC)ccc3OC)c2n1. The van der Waals surface area contributed by atoms with Crippen LogP contribution in [0.25, 0.3) is 10.9 Å². The number of pyridine rings is 1. The summed E-state index contributed by atoms with van der Waals surface area (Å²) in [5, 5.41) is 3.82. The van der Waals surface area contributed by atoms with Crippen LogP contribution in [0.5, 0.6) is 17.2 Å². The molecule has 1 fully saturated rings. The summed E-state index contributed by atoms with van der Waals surface area (Å²) in [6.07, 6.45) is 4.75. The van der Waals surface area contributed by atoms with Gasteiger partial charge in [0.05, 0.1) is 19.9 Å². The van der Waals surface area contributed by atoms with E-state index in [1.807, 2.05) is 18.2 Å². The molecule has 1 aliphatic rings. The van der Waals surface area contributed by atoms with E-state index in [1.54, 1.807) is 32.4 Å². The highest BCUT2D eigenvalue weighted by Crippen LogP contribution is 2.31. The first-order valence-corrected chi connectivity index (χ1v) is 11.4. The number of fused-ring (bicyclic) bond motifs is 1. The first kappa shape index (κ1) is 22.7. The number of hydrogen-bond donors (Lipinski definition) is 1. The second kappa shape index (κ2) is 10.4. The third-order valence-corrected chi connectivity index (χ3v) is 6.10. The maximum atomic E-state index is 12.6. The number of carbonyl (C=O) groups excluding carboxylic acids is 1. The summed E-state index contributed by atoms with van der Waals surface area (Å²) in [6.45, 7) is 3.10. The van der Waals surface area contributed by atoms with E-state index in [4.69, 9.17) is 19.2 Å². The lowest BCUT2D eigenvalue weighted by molar-refractivity contribution is -0.118. The summed E-state index contributed by atoms with van der Waals surface area (Å²) in [7, 11) is 3.13. The maximum Gasteiger partial charge on any atom is 0.262 e. The van der Waals surface area contributed by atoms with E-state index in [2.05, 4.69) is 29.3 Å². The fraction of sp³-hybridized carbons (Fsp3) is 0.385. The molecule has 2 aromatic carbocycles. The molecule has 1 saturated heterocycles. The number of piperidine rings is 1. The van der Waals surface area contributed by atoms with Gasteiger partial charge in [-0.1, -0.05) is 19.1 Å². The van der Waals surface area contributed by atoms with Gasteiger partial charge in [-0.3, -0.25) is 4.79 Å². The molecule has 1 unspecified atom stereocenters. The number of anilines is 2. The topological polar surface area (TPSA) is 72.9 Å². The van der Waals surface area contributed by atoms with Crippen molar-refractivity contribution in [3.8, 4) is 17.2 Å². The lowest BCUT2D eigenvalue weighted by atomic mass is 10.00. The van der Waals surface area contributed by atoms with Crippen molar-refractivity contribution < 1.29 is 19.0 Å². The number of carbonyl (C=O) groups is 1. The maximum absolute atomic E-state index is 12.6. The summed E-state index contributed by atoms with van der Waals surface area (Å²) in [5.41, 5.74) is 1.29. The van der Waals surface area contributed by atoms with E-state index in [0.29, 0.717) is 29.0 Å². The fourth-order valence-electron chi connectivity index (χ4n) is 4.35. The first-order valence-electron chi connectivity index (χ1n) is 11.4. The highest BCUT2D eigenvalue weighted by molar-refractivity contribution is 5.94. The zero-order valence-corrected chi connectivity index (χ0v) is 19.5. The summed E-state index contributed by atoms with van der Waals surface area (Å²) < 4.78 is 16.5. The number of nitrogens with zero attached hydrogens (tertiary/aromatic N) is 2. The molecule has 1 N–H and O–H groups in total. The normalized spacial score (nSPS) is 15.8. The monoisotopic (exact) mass is 449 g/mol. The van der Waals surface area contributed by atoms with Crippen LogP contribution in [-0.4, -0.2) is 44.3 Å². The Morgan fingerprint density at radius 1 is 1.09 bits per heavy atom. The third kappa shape index (κ3) is 5.13. The second-order valence-corrected chi connectivity index (χ2v) is 8.15. The molecular weight excluding hydrogens is 418 g/mol. The third-order valence-electron chi connectivity index (χ3n) is 6.10. The van der Waals surface area contributed by atoms with Gasteiger partial charge in [-0.15, -0.1) is 0 Å². The van der Waals surface area contributed by atoms with E-state index in [1.165, 1.54) is 19.3 Å². The number of ether oxygens (including phenoxy) is 3. The minimum absolute atomic E-state index is 0.146. The van der Waals surface area contributed by atoms with Crippen LogP contribution in [0.1, 0.15) is 32.6 Å². The van der Waals surface area contributed by atoms with Crippen LogP contribution in [0, 0.1) is 0 Å². The van der Waals surface area contributed by atoms with Gasteiger partial charge in [-0.25, -0.2) is 4.98 Å². The number of aromatic nitrogens is 1. The summed E-state index contributed by atoms with van der Waals surface area (Å²) in [6, 6.07) is 15.7. The Morgan fingerprint density at radius 2 is 1.97 bits per heavy atom. The van der Waals surface area contributed by atoms with E-state index in [9.17, 15) is 4.79 Å². The quantitative estimate of drug-likeness (QED) is 0.520. The Labute approximate surface area is 194 Å². The van der Waals surface area contributed by atoms with Gasteiger partial charge in [0.1, 0.15) is 28.6 Å². The number of methoxy groups -OCH3 is 2. The summed E-state index contributed by atoms with van der Waals surface area (Å²) >= 11 is 0. The zero-order valence-electron chi connectivity index (χ0n) is 19.5. The van der Waals surface area contributed by atoms with Gasteiger partial charge < -0.3 is 24.4 Å². The Kier molecular flexibility index (Phi) is 7.17. The van der Waals surface area contributed by atoms with Crippen LogP contribution in [0.2, 0.25) is 0 Å². The number of rotatable bonds is 8. The molecule has 3 aromatic rings. The van der Waals surface area contributed by atoms with Gasteiger partial charge in [0.15, 0.2) is 6.61 Å². The van der Waals surface area contributed by atoms with E-state index in [0.717, 1.165) is 29.7 Å². The smallest absolute Gasteiger partial charge is 0.262 e. The Morgan fingerprint density at radius 3 is 2.76 bits per heavy atom. The van der Waals surface area contributed by atoms with Crippen LogP contribution < -0.4 is 24.4 Å². The molecule has 4 rings (SSSR count). The molecule has 174 valence electrons. The van der Waals surface area contributed by atoms with Gasteiger partial charge in [0.2, 0.25) is 0 Å². The highest BCUT2D eigenvalue weighted by atomic mass is 16.5. The van der Waals surface area contributed by atoms with E-state index >= 15 is 0 Å². The van der Waals surface area contributed by atoms with Crippen molar-refractivity contribution in [2.24, 2.45) is 0 Å². The molecule has 7 heteroatoms. The molecule has 33 heavy (non-hydrogen) atoms. The molecule has 0 saturated carbocycles. The van der Waals surface area contributed by atoms with Gasteiger partial charge >= 0.3 is 0 Å². The molecule has 0 bridgehead atoms. The molecule has 0 radical (unpaired) electrons. The van der Waals surface area contributed by atoms with Crippen molar-refractivity contribution in [1.82, 2.24) is 4.98 Å². The minimum atomic E-state index is -0.295. The Hall–Kier alpha value is -3.48. The van der Waals surface area contributed by atoms with Crippen molar-refractivity contribution in [1.29, 1.82) is 0 Å². The number of nitrogens with one attached hydrogen (secondary N) is 1. The number of hydrogen-bond acceptors (Lipinski definition) is 6. The molecular formula is C26H31N3O4. The average Bonchev–Trinajstić information content (AvgIpc) is 2.87. The van der Waals surface area contributed by atoms with Gasteiger partial charge in [-0.2, -0.15) is 0 Å². The van der Waals surface area contributed by atoms with E-state index < -0.39 is 0 Å². The Balaban J connectivity index is 1.51. The molecule has 1 aromatic heterocycles. The van der Waals surface area contributed by atoms with Crippen LogP contribution >= 0.6 is 0 Å². The van der Waals surface area contributed by atoms with Gasteiger partial charge in [0, 0.05) is 24.0 Å². The largest absolute Gasteiger partial charge is 0.497 e. The Bertz CT molecular complexity index is 1120. The average molecular weight is 450 g/mol. The van der Waals surface area contributed by atoms with Crippen molar-refractivity contribution >= 4 is 28.3 Å². The number of para-hydroxylation sites is 1. The van der Waals surface area contributed by atoms with Crippen molar-refractivity contribution in [2.45, 2.75) is 38.6 Å². The number of benzene rings is 2. The number of amides is 1. The zero-order chi connectivity index (χ0) is 23.2. The van der Waals surface area contributed by atoms with Crippen LogP contribution in [-0.2, 0) is 4.79 Å². The molecule has 1 aliphatic heterocycles. The molecule has 1 amide bonds. The first-order chi connectivity index (χ1) is 16.1. The highest BCUT2D eigenvalue weighted by Gasteiger charge is 2.22. The van der Waals surface area contributed by atoms with Crippen LogP contribution in [0.15, 0.2) is 48.5 Å². The standard InChI is InChI=1S/C26H31N3O4/c1-4-19-9-5-6-15-29(19)24-14-11-18-8-7-10-23(26(18)28-24)33-17-25(30)27-21-16-20(31-2)12-13-22(21)32-3/h7-8,10-14,16,19H,4-6,9,15,17H2,1-3H3,(H,27,30). The van der Waals surface area contributed by atoms with Crippen molar-refractivity contribution in [2.75, 3.05) is 37.6 Å². The van der Waals surface area contributed by atoms with Crippen molar-refractivity contribution in [3.05, 3.63) is 48.5 Å².